The first-order chi connectivity index (χ1) is 9.13. The summed E-state index contributed by atoms with van der Waals surface area (Å²) in [6.45, 7) is 3.81. The smallest absolute Gasteiger partial charge is 0.103 e. The maximum atomic E-state index is 10.3. The molecule has 2 N–H and O–H groups in total. The van der Waals surface area contributed by atoms with Crippen molar-refractivity contribution in [1.29, 1.82) is 0 Å². The molecule has 4 heteroatoms. The second-order valence-electron chi connectivity index (χ2n) is 5.30. The molecule has 2 unspecified atom stereocenters. The molecule has 1 fully saturated rings. The van der Waals surface area contributed by atoms with Crippen molar-refractivity contribution in [3.8, 4) is 0 Å². The average Bonchev–Trinajstić information content (AvgIpc) is 2.83. The van der Waals surface area contributed by atoms with Crippen LogP contribution >= 0.6 is 11.6 Å². The topological polar surface area (TPSA) is 41.5 Å². The maximum absolute atomic E-state index is 10.3. The van der Waals surface area contributed by atoms with Crippen molar-refractivity contribution in [3.63, 3.8) is 0 Å². The van der Waals surface area contributed by atoms with Crippen LogP contribution in [0.25, 0.3) is 0 Å². The molecule has 0 aromatic heterocycles. The number of hydrogen-bond acceptors (Lipinski definition) is 3. The van der Waals surface area contributed by atoms with Gasteiger partial charge in [-0.1, -0.05) is 37.1 Å². The molecule has 19 heavy (non-hydrogen) atoms. The monoisotopic (exact) mass is 283 g/mol. The van der Waals surface area contributed by atoms with E-state index in [2.05, 4.69) is 12.2 Å². The SMILES string of the molecule is CCCC(NCC1(O)CCOC1)c1ccc(Cl)cc1. The number of ether oxygens (including phenoxy) is 1. The van der Waals surface area contributed by atoms with Gasteiger partial charge in [0, 0.05) is 30.6 Å². The van der Waals surface area contributed by atoms with E-state index in [1.54, 1.807) is 0 Å². The van der Waals surface area contributed by atoms with E-state index in [4.69, 9.17) is 16.3 Å². The summed E-state index contributed by atoms with van der Waals surface area (Å²) in [7, 11) is 0. The van der Waals surface area contributed by atoms with Crippen LogP contribution in [-0.2, 0) is 4.74 Å². The Balaban J connectivity index is 1.97. The lowest BCUT2D eigenvalue weighted by molar-refractivity contribution is 0.0245. The van der Waals surface area contributed by atoms with Crippen molar-refractivity contribution in [2.75, 3.05) is 19.8 Å². The Bertz CT molecular complexity index is 388. The van der Waals surface area contributed by atoms with Crippen molar-refractivity contribution in [3.05, 3.63) is 34.9 Å². The van der Waals surface area contributed by atoms with E-state index in [1.165, 1.54) is 5.56 Å². The molecule has 0 saturated carbocycles. The van der Waals surface area contributed by atoms with Gasteiger partial charge in [-0.05, 0) is 24.1 Å². The van der Waals surface area contributed by atoms with Crippen LogP contribution in [-0.4, -0.2) is 30.5 Å². The molecule has 1 aromatic rings. The number of aliphatic hydroxyl groups is 1. The summed E-state index contributed by atoms with van der Waals surface area (Å²) in [5.41, 5.74) is 0.507. The zero-order valence-electron chi connectivity index (χ0n) is 11.4. The number of rotatable bonds is 6. The van der Waals surface area contributed by atoms with Gasteiger partial charge in [-0.3, -0.25) is 0 Å². The molecule has 0 bridgehead atoms. The van der Waals surface area contributed by atoms with Crippen molar-refractivity contribution < 1.29 is 9.84 Å². The van der Waals surface area contributed by atoms with E-state index < -0.39 is 5.60 Å². The Morgan fingerprint density at radius 3 is 2.74 bits per heavy atom. The van der Waals surface area contributed by atoms with E-state index in [1.807, 2.05) is 24.3 Å². The van der Waals surface area contributed by atoms with Gasteiger partial charge >= 0.3 is 0 Å². The standard InChI is InChI=1S/C15H22ClNO2/c1-2-3-14(12-4-6-13(16)7-5-12)17-10-15(18)8-9-19-11-15/h4-7,14,17-18H,2-3,8-11H2,1H3. The highest BCUT2D eigenvalue weighted by Gasteiger charge is 2.32. The minimum atomic E-state index is -0.710. The van der Waals surface area contributed by atoms with E-state index >= 15 is 0 Å². The van der Waals surface area contributed by atoms with Gasteiger partial charge in [0.15, 0.2) is 0 Å². The van der Waals surface area contributed by atoms with Crippen LogP contribution in [0.3, 0.4) is 0 Å². The fourth-order valence-electron chi connectivity index (χ4n) is 2.42. The molecule has 106 valence electrons. The number of nitrogens with one attached hydrogen (secondary N) is 1. The van der Waals surface area contributed by atoms with E-state index in [0.717, 1.165) is 17.9 Å². The summed E-state index contributed by atoms with van der Waals surface area (Å²) in [5, 5.41) is 14.5. The Labute approximate surface area is 119 Å². The molecule has 0 spiro atoms. The summed E-state index contributed by atoms with van der Waals surface area (Å²) >= 11 is 5.92. The minimum absolute atomic E-state index is 0.256. The third-order valence-corrected chi connectivity index (χ3v) is 3.86. The van der Waals surface area contributed by atoms with Gasteiger partial charge in [0.05, 0.1) is 6.61 Å². The van der Waals surface area contributed by atoms with Gasteiger partial charge in [0.1, 0.15) is 5.60 Å². The largest absolute Gasteiger partial charge is 0.386 e. The molecule has 2 rings (SSSR count). The molecular formula is C15H22ClNO2. The minimum Gasteiger partial charge on any atom is -0.386 e. The number of halogens is 1. The summed E-state index contributed by atoms with van der Waals surface area (Å²) in [6, 6.07) is 8.17. The second-order valence-corrected chi connectivity index (χ2v) is 5.74. The first-order valence-electron chi connectivity index (χ1n) is 6.92. The van der Waals surface area contributed by atoms with Gasteiger partial charge in [-0.15, -0.1) is 0 Å². The lowest BCUT2D eigenvalue weighted by Crippen LogP contribution is -2.42. The quantitative estimate of drug-likeness (QED) is 0.843. The Morgan fingerprint density at radius 1 is 1.42 bits per heavy atom. The molecule has 1 saturated heterocycles. The molecule has 1 aliphatic rings. The molecule has 3 nitrogen and oxygen atoms in total. The number of benzene rings is 1. The first kappa shape index (κ1) is 14.8. The van der Waals surface area contributed by atoms with Crippen molar-refractivity contribution >= 4 is 11.6 Å². The van der Waals surface area contributed by atoms with Crippen LogP contribution in [0, 0.1) is 0 Å². The molecule has 1 aliphatic heterocycles. The van der Waals surface area contributed by atoms with Crippen molar-refractivity contribution in [1.82, 2.24) is 5.32 Å². The molecule has 0 amide bonds. The van der Waals surface area contributed by atoms with Crippen molar-refractivity contribution in [2.45, 2.75) is 37.8 Å². The van der Waals surface area contributed by atoms with Crippen LogP contribution in [0.5, 0.6) is 0 Å². The van der Waals surface area contributed by atoms with E-state index in [9.17, 15) is 5.11 Å². The molecule has 2 atom stereocenters. The van der Waals surface area contributed by atoms with E-state index in [0.29, 0.717) is 26.2 Å². The van der Waals surface area contributed by atoms with Crippen LogP contribution < -0.4 is 5.32 Å². The maximum Gasteiger partial charge on any atom is 0.103 e. The highest BCUT2D eigenvalue weighted by molar-refractivity contribution is 6.30. The third kappa shape index (κ3) is 4.18. The summed E-state index contributed by atoms with van der Waals surface area (Å²) in [6.07, 6.45) is 2.84. The highest BCUT2D eigenvalue weighted by atomic mass is 35.5. The molecule has 0 radical (unpaired) electrons. The second kappa shape index (κ2) is 6.71. The molecule has 1 aromatic carbocycles. The first-order valence-corrected chi connectivity index (χ1v) is 7.30. The zero-order chi connectivity index (χ0) is 13.7. The third-order valence-electron chi connectivity index (χ3n) is 3.61. The lowest BCUT2D eigenvalue weighted by atomic mass is 9.99. The fourth-order valence-corrected chi connectivity index (χ4v) is 2.55. The Morgan fingerprint density at radius 2 is 2.16 bits per heavy atom. The van der Waals surface area contributed by atoms with Crippen LogP contribution in [0.15, 0.2) is 24.3 Å². The van der Waals surface area contributed by atoms with Crippen LogP contribution in [0.1, 0.15) is 37.8 Å². The summed E-state index contributed by atoms with van der Waals surface area (Å²) in [4.78, 5) is 0. The van der Waals surface area contributed by atoms with Gasteiger partial charge in [-0.25, -0.2) is 0 Å². The van der Waals surface area contributed by atoms with Gasteiger partial charge in [0.2, 0.25) is 0 Å². The Kier molecular flexibility index (Phi) is 5.22. The lowest BCUT2D eigenvalue weighted by Gasteiger charge is -2.26. The normalized spacial score (nSPS) is 24.6. The van der Waals surface area contributed by atoms with Crippen molar-refractivity contribution in [2.24, 2.45) is 0 Å². The zero-order valence-corrected chi connectivity index (χ0v) is 12.1. The van der Waals surface area contributed by atoms with Gasteiger partial charge < -0.3 is 15.2 Å². The summed E-state index contributed by atoms with van der Waals surface area (Å²) < 4.78 is 5.27. The Hall–Kier alpha value is -0.610. The average molecular weight is 284 g/mol. The van der Waals surface area contributed by atoms with Crippen LogP contribution in [0.2, 0.25) is 5.02 Å². The predicted octanol–water partition coefficient (Wildman–Crippen LogP) is 2.92. The predicted molar refractivity (Wildman–Crippen MR) is 77.5 cm³/mol. The van der Waals surface area contributed by atoms with Gasteiger partial charge in [0.25, 0.3) is 0 Å². The summed E-state index contributed by atoms with van der Waals surface area (Å²) in [5.74, 6) is 0. The molecule has 0 aliphatic carbocycles. The van der Waals surface area contributed by atoms with E-state index in [-0.39, 0.29) is 6.04 Å². The highest BCUT2D eigenvalue weighted by Crippen LogP contribution is 2.23. The number of hydrogen-bond donors (Lipinski definition) is 2. The molecular weight excluding hydrogens is 262 g/mol. The van der Waals surface area contributed by atoms with Gasteiger partial charge in [-0.2, -0.15) is 0 Å². The molecule has 1 heterocycles. The fraction of sp³-hybridized carbons (Fsp3) is 0.600. The van der Waals surface area contributed by atoms with Crippen LogP contribution in [0.4, 0.5) is 0 Å².